The SMILES string of the molecule is CC1/C=C/C(OC(=O)N(C)CCN(C)C(=O)Cl)CCCC1. The quantitative estimate of drug-likeness (QED) is 0.453. The van der Waals surface area contributed by atoms with Crippen LogP contribution in [0.2, 0.25) is 0 Å². The zero-order valence-corrected chi connectivity index (χ0v) is 13.8. The van der Waals surface area contributed by atoms with Gasteiger partial charge in [0.2, 0.25) is 0 Å². The summed E-state index contributed by atoms with van der Waals surface area (Å²) in [5, 5.41) is -0.534. The minimum Gasteiger partial charge on any atom is -0.442 e. The van der Waals surface area contributed by atoms with Crippen LogP contribution in [-0.4, -0.2) is 54.5 Å². The maximum Gasteiger partial charge on any atom is 0.410 e. The van der Waals surface area contributed by atoms with Crippen LogP contribution in [0.15, 0.2) is 12.2 Å². The van der Waals surface area contributed by atoms with Gasteiger partial charge in [0.25, 0.3) is 0 Å². The van der Waals surface area contributed by atoms with Gasteiger partial charge in [-0.3, -0.25) is 4.79 Å². The van der Waals surface area contributed by atoms with Crippen LogP contribution < -0.4 is 0 Å². The first-order valence-electron chi connectivity index (χ1n) is 7.41. The second-order valence-electron chi connectivity index (χ2n) is 5.66. The fourth-order valence-electron chi connectivity index (χ4n) is 2.11. The molecule has 1 aliphatic carbocycles. The van der Waals surface area contributed by atoms with Gasteiger partial charge in [-0.25, -0.2) is 4.79 Å². The molecule has 0 saturated heterocycles. The number of amides is 2. The molecule has 0 aromatic heterocycles. The number of likely N-dealkylation sites (N-methyl/N-ethyl adjacent to an activating group) is 2. The molecule has 5 nitrogen and oxygen atoms in total. The summed E-state index contributed by atoms with van der Waals surface area (Å²) in [5.74, 6) is 0.535. The van der Waals surface area contributed by atoms with Crippen molar-refractivity contribution >= 4 is 23.1 Å². The number of ether oxygens (including phenoxy) is 1. The fraction of sp³-hybridized carbons (Fsp3) is 0.733. The standard InChI is InChI=1S/C15H25ClN2O3/c1-12-6-4-5-7-13(9-8-12)21-15(20)18(3)11-10-17(2)14(16)19/h8-9,12-13H,4-7,10-11H2,1-3H3/b9-8+. The molecule has 0 bridgehead atoms. The molecule has 1 aliphatic rings. The lowest BCUT2D eigenvalue weighted by Gasteiger charge is -2.24. The second kappa shape index (κ2) is 8.93. The summed E-state index contributed by atoms with van der Waals surface area (Å²) in [6, 6.07) is 0. The third-order valence-corrected chi connectivity index (χ3v) is 3.98. The van der Waals surface area contributed by atoms with Crippen molar-refractivity contribution in [2.45, 2.75) is 38.7 Å². The monoisotopic (exact) mass is 316 g/mol. The molecule has 21 heavy (non-hydrogen) atoms. The maximum atomic E-state index is 12.0. The van der Waals surface area contributed by atoms with E-state index in [0.29, 0.717) is 19.0 Å². The lowest BCUT2D eigenvalue weighted by Crippen LogP contribution is -2.37. The highest BCUT2D eigenvalue weighted by Gasteiger charge is 2.18. The average Bonchev–Trinajstić information content (AvgIpc) is 2.43. The Morgan fingerprint density at radius 2 is 1.76 bits per heavy atom. The van der Waals surface area contributed by atoms with Gasteiger partial charge in [-0.1, -0.05) is 19.4 Å². The number of carbonyl (C=O) groups excluding carboxylic acids is 2. The highest BCUT2D eigenvalue weighted by atomic mass is 35.5. The summed E-state index contributed by atoms with van der Waals surface area (Å²) < 4.78 is 5.49. The van der Waals surface area contributed by atoms with Crippen LogP contribution in [0, 0.1) is 5.92 Å². The molecule has 0 aromatic rings. The van der Waals surface area contributed by atoms with E-state index >= 15 is 0 Å². The van der Waals surface area contributed by atoms with Crippen molar-refractivity contribution in [1.29, 1.82) is 0 Å². The highest BCUT2D eigenvalue weighted by Crippen LogP contribution is 2.18. The maximum absolute atomic E-state index is 12.0. The Morgan fingerprint density at radius 1 is 1.14 bits per heavy atom. The third-order valence-electron chi connectivity index (χ3n) is 3.69. The lowest BCUT2D eigenvalue weighted by molar-refractivity contribution is 0.0808. The van der Waals surface area contributed by atoms with Gasteiger partial charge < -0.3 is 14.5 Å². The van der Waals surface area contributed by atoms with E-state index in [1.165, 1.54) is 16.2 Å². The van der Waals surface area contributed by atoms with Crippen molar-refractivity contribution in [2.75, 3.05) is 27.2 Å². The number of hydrogen-bond donors (Lipinski definition) is 0. The minimum absolute atomic E-state index is 0.157. The molecule has 6 heteroatoms. The zero-order valence-electron chi connectivity index (χ0n) is 13.0. The second-order valence-corrected chi connectivity index (χ2v) is 5.99. The van der Waals surface area contributed by atoms with Crippen LogP contribution in [0.4, 0.5) is 9.59 Å². The Morgan fingerprint density at radius 3 is 2.43 bits per heavy atom. The third kappa shape index (κ3) is 6.85. The van der Waals surface area contributed by atoms with Crippen molar-refractivity contribution in [3.05, 3.63) is 12.2 Å². The van der Waals surface area contributed by atoms with Gasteiger partial charge in [-0.2, -0.15) is 0 Å². The van der Waals surface area contributed by atoms with E-state index in [-0.39, 0.29) is 12.2 Å². The number of carbonyl (C=O) groups is 2. The summed E-state index contributed by atoms with van der Waals surface area (Å²) in [6.07, 6.45) is 7.88. The molecular weight excluding hydrogens is 292 g/mol. The number of allylic oxidation sites excluding steroid dienone is 1. The predicted octanol–water partition coefficient (Wildman–Crippen LogP) is 3.48. The van der Waals surface area contributed by atoms with Crippen molar-refractivity contribution in [1.82, 2.24) is 9.80 Å². The first-order chi connectivity index (χ1) is 9.90. The van der Waals surface area contributed by atoms with Gasteiger partial charge in [0.1, 0.15) is 6.10 Å². The first-order valence-corrected chi connectivity index (χ1v) is 7.78. The molecule has 0 radical (unpaired) electrons. The van der Waals surface area contributed by atoms with Gasteiger partial charge in [0.15, 0.2) is 0 Å². The van der Waals surface area contributed by atoms with Gasteiger partial charge in [-0.05, 0) is 42.9 Å². The van der Waals surface area contributed by atoms with E-state index in [2.05, 4.69) is 13.0 Å². The fourth-order valence-corrected chi connectivity index (χ4v) is 2.20. The summed E-state index contributed by atoms with van der Waals surface area (Å²) in [6.45, 7) is 2.94. The van der Waals surface area contributed by atoms with E-state index < -0.39 is 5.37 Å². The Kier molecular flexibility index (Phi) is 7.57. The van der Waals surface area contributed by atoms with Crippen LogP contribution in [0.25, 0.3) is 0 Å². The average molecular weight is 317 g/mol. The van der Waals surface area contributed by atoms with Gasteiger partial charge in [0.05, 0.1) is 0 Å². The lowest BCUT2D eigenvalue weighted by atomic mass is 9.97. The topological polar surface area (TPSA) is 49.9 Å². The van der Waals surface area contributed by atoms with Crippen LogP contribution in [-0.2, 0) is 4.74 Å². The predicted molar refractivity (Wildman–Crippen MR) is 83.6 cm³/mol. The highest BCUT2D eigenvalue weighted by molar-refractivity contribution is 6.62. The molecule has 0 fully saturated rings. The molecule has 0 aromatic carbocycles. The van der Waals surface area contributed by atoms with Crippen LogP contribution in [0.3, 0.4) is 0 Å². The summed E-state index contributed by atoms with van der Waals surface area (Å²) in [4.78, 5) is 25.7. The molecule has 1 rings (SSSR count). The molecular formula is C15H25ClN2O3. The Hall–Kier alpha value is -1.23. The largest absolute Gasteiger partial charge is 0.442 e. The summed E-state index contributed by atoms with van der Waals surface area (Å²) in [7, 11) is 3.25. The molecule has 0 heterocycles. The number of halogens is 1. The van der Waals surface area contributed by atoms with E-state index in [1.54, 1.807) is 14.1 Å². The number of nitrogens with zero attached hydrogens (tertiary/aromatic N) is 2. The van der Waals surface area contributed by atoms with Crippen LogP contribution >= 0.6 is 11.6 Å². The molecule has 2 unspecified atom stereocenters. The molecule has 120 valence electrons. The van der Waals surface area contributed by atoms with E-state index in [9.17, 15) is 9.59 Å². The van der Waals surface area contributed by atoms with Crippen LogP contribution in [0.5, 0.6) is 0 Å². The van der Waals surface area contributed by atoms with E-state index in [1.807, 2.05) is 6.08 Å². The molecule has 0 saturated carbocycles. The summed E-state index contributed by atoms with van der Waals surface area (Å²) >= 11 is 5.34. The zero-order chi connectivity index (χ0) is 15.8. The smallest absolute Gasteiger partial charge is 0.410 e. The Balaban J connectivity index is 2.41. The van der Waals surface area contributed by atoms with Crippen molar-refractivity contribution in [3.8, 4) is 0 Å². The van der Waals surface area contributed by atoms with E-state index in [0.717, 1.165) is 19.3 Å². The normalized spacial score (nSPS) is 23.6. The van der Waals surface area contributed by atoms with Crippen molar-refractivity contribution < 1.29 is 14.3 Å². The van der Waals surface area contributed by atoms with E-state index in [4.69, 9.17) is 16.3 Å². The van der Waals surface area contributed by atoms with Crippen molar-refractivity contribution in [2.24, 2.45) is 5.92 Å². The molecule has 0 aliphatic heterocycles. The van der Waals surface area contributed by atoms with Gasteiger partial charge in [-0.15, -0.1) is 0 Å². The molecule has 2 atom stereocenters. The number of rotatable bonds is 4. The van der Waals surface area contributed by atoms with Gasteiger partial charge in [0, 0.05) is 27.2 Å². The number of hydrogen-bond acceptors (Lipinski definition) is 3. The molecule has 0 N–H and O–H groups in total. The molecule has 2 amide bonds. The Bertz CT molecular complexity index is 387. The minimum atomic E-state index is -0.534. The van der Waals surface area contributed by atoms with Crippen LogP contribution in [0.1, 0.15) is 32.6 Å². The van der Waals surface area contributed by atoms with Crippen molar-refractivity contribution in [3.63, 3.8) is 0 Å². The first kappa shape index (κ1) is 17.8. The summed E-state index contributed by atoms with van der Waals surface area (Å²) in [5.41, 5.74) is 0. The Labute approximate surface area is 131 Å². The van der Waals surface area contributed by atoms with Gasteiger partial charge >= 0.3 is 11.5 Å². The molecule has 0 spiro atoms.